The molecule has 2 saturated heterocycles. The number of carbonyl (C=O) groups is 1. The molecule has 0 unspecified atom stereocenters. The molecule has 0 bridgehead atoms. The summed E-state index contributed by atoms with van der Waals surface area (Å²) >= 11 is 0. The summed E-state index contributed by atoms with van der Waals surface area (Å²) < 4.78 is 11.1. The summed E-state index contributed by atoms with van der Waals surface area (Å²) in [5, 5.41) is 10.3. The molecular formula is C18H27N3O4. The van der Waals surface area contributed by atoms with Gasteiger partial charge in [0.05, 0.1) is 25.9 Å². The summed E-state index contributed by atoms with van der Waals surface area (Å²) in [5.41, 5.74) is 5.69. The third-order valence-electron chi connectivity index (χ3n) is 4.88. The van der Waals surface area contributed by atoms with Gasteiger partial charge in [-0.3, -0.25) is 14.6 Å². The van der Waals surface area contributed by atoms with Crippen LogP contribution >= 0.6 is 0 Å². The van der Waals surface area contributed by atoms with Gasteiger partial charge in [0.15, 0.2) is 0 Å². The molecule has 1 aromatic rings. The Morgan fingerprint density at radius 2 is 1.96 bits per heavy atom. The number of aliphatic hydroxyl groups excluding tert-OH is 1. The Bertz CT molecular complexity index is 560. The Morgan fingerprint density at radius 3 is 2.64 bits per heavy atom. The van der Waals surface area contributed by atoms with E-state index in [1.807, 2.05) is 0 Å². The monoisotopic (exact) mass is 349 g/mol. The van der Waals surface area contributed by atoms with Crippen molar-refractivity contribution in [1.29, 1.82) is 0 Å². The van der Waals surface area contributed by atoms with Crippen LogP contribution in [0, 0.1) is 0 Å². The average Bonchev–Trinajstić information content (AvgIpc) is 3.00. The normalized spacial score (nSPS) is 25.2. The Labute approximate surface area is 148 Å². The lowest BCUT2D eigenvalue weighted by atomic mass is 10.2. The smallest absolute Gasteiger partial charge is 0.248 e. The Hall–Kier alpha value is -1.67. The minimum atomic E-state index is -0.436. The largest absolute Gasteiger partial charge is 0.494 e. The molecule has 2 heterocycles. The number of morpholine rings is 1. The SMILES string of the molecule is NC(=O)c1ccc(OCCCN2C[C@H](O)[C@@H](N3CCOCC3)C2)cc1. The highest BCUT2D eigenvalue weighted by molar-refractivity contribution is 5.92. The van der Waals surface area contributed by atoms with E-state index in [9.17, 15) is 9.90 Å². The molecule has 3 N–H and O–H groups in total. The number of aliphatic hydroxyl groups is 1. The minimum Gasteiger partial charge on any atom is -0.494 e. The summed E-state index contributed by atoms with van der Waals surface area (Å²) in [6, 6.07) is 7.07. The number of nitrogens with two attached hydrogens (primary N) is 1. The standard InChI is InChI=1S/C18H27N3O4/c19-18(23)14-2-4-15(5-3-14)25-9-1-6-20-12-16(17(22)13-20)21-7-10-24-11-8-21/h2-5,16-17,22H,1,6-13H2,(H2,19,23)/t16-,17-/m0/s1. The van der Waals surface area contributed by atoms with Crippen LogP contribution in [0.3, 0.4) is 0 Å². The number of hydrogen-bond acceptors (Lipinski definition) is 6. The highest BCUT2D eigenvalue weighted by atomic mass is 16.5. The van der Waals surface area contributed by atoms with Gasteiger partial charge in [0.25, 0.3) is 0 Å². The summed E-state index contributed by atoms with van der Waals surface area (Å²) in [6.07, 6.45) is 0.598. The van der Waals surface area contributed by atoms with Crippen molar-refractivity contribution in [3.05, 3.63) is 29.8 Å². The molecule has 2 fully saturated rings. The maximum absolute atomic E-state index is 11.0. The van der Waals surface area contributed by atoms with Gasteiger partial charge >= 0.3 is 0 Å². The van der Waals surface area contributed by atoms with Crippen LogP contribution in [0.15, 0.2) is 24.3 Å². The first kappa shape index (κ1) is 18.1. The summed E-state index contributed by atoms with van der Waals surface area (Å²) in [7, 11) is 0. The van der Waals surface area contributed by atoms with Crippen molar-refractivity contribution in [2.24, 2.45) is 5.73 Å². The molecule has 0 aromatic heterocycles. The van der Waals surface area contributed by atoms with Crippen LogP contribution < -0.4 is 10.5 Å². The zero-order valence-corrected chi connectivity index (χ0v) is 14.5. The molecule has 25 heavy (non-hydrogen) atoms. The number of nitrogens with zero attached hydrogens (tertiary/aromatic N) is 2. The summed E-state index contributed by atoms with van der Waals surface area (Å²) in [6.45, 7) is 6.43. The van der Waals surface area contributed by atoms with E-state index < -0.39 is 5.91 Å². The van der Waals surface area contributed by atoms with Gasteiger partial charge in [-0.25, -0.2) is 0 Å². The molecular weight excluding hydrogens is 322 g/mol. The first-order valence-corrected chi connectivity index (χ1v) is 8.88. The van der Waals surface area contributed by atoms with Crippen molar-refractivity contribution in [1.82, 2.24) is 9.80 Å². The lowest BCUT2D eigenvalue weighted by Gasteiger charge is -2.33. The van der Waals surface area contributed by atoms with Gasteiger partial charge in [0.1, 0.15) is 5.75 Å². The minimum absolute atomic E-state index is 0.214. The van der Waals surface area contributed by atoms with Gasteiger partial charge < -0.3 is 20.3 Å². The van der Waals surface area contributed by atoms with Crippen LogP contribution in [-0.4, -0.2) is 85.5 Å². The first-order valence-electron chi connectivity index (χ1n) is 8.88. The lowest BCUT2D eigenvalue weighted by molar-refractivity contribution is -0.00617. The zero-order chi connectivity index (χ0) is 17.6. The highest BCUT2D eigenvalue weighted by Crippen LogP contribution is 2.18. The second kappa shape index (κ2) is 8.62. The quantitative estimate of drug-likeness (QED) is 0.670. The van der Waals surface area contributed by atoms with E-state index in [4.69, 9.17) is 15.2 Å². The van der Waals surface area contributed by atoms with E-state index in [2.05, 4.69) is 9.80 Å². The van der Waals surface area contributed by atoms with Crippen LogP contribution in [-0.2, 0) is 4.74 Å². The molecule has 2 aliphatic rings. The summed E-state index contributed by atoms with van der Waals surface area (Å²) in [4.78, 5) is 15.7. The Morgan fingerprint density at radius 1 is 1.24 bits per heavy atom. The van der Waals surface area contributed by atoms with Crippen molar-refractivity contribution < 1.29 is 19.4 Å². The predicted molar refractivity (Wildman–Crippen MR) is 93.7 cm³/mol. The van der Waals surface area contributed by atoms with Crippen LogP contribution in [0.5, 0.6) is 5.75 Å². The second-order valence-corrected chi connectivity index (χ2v) is 6.63. The zero-order valence-electron chi connectivity index (χ0n) is 14.5. The molecule has 0 aliphatic carbocycles. The molecule has 1 amide bonds. The number of ether oxygens (including phenoxy) is 2. The molecule has 1 aromatic carbocycles. The van der Waals surface area contributed by atoms with Crippen LogP contribution in [0.25, 0.3) is 0 Å². The molecule has 0 radical (unpaired) electrons. The molecule has 138 valence electrons. The first-order chi connectivity index (χ1) is 12.1. The molecule has 7 nitrogen and oxygen atoms in total. The number of carbonyl (C=O) groups excluding carboxylic acids is 1. The van der Waals surface area contributed by atoms with Crippen molar-refractivity contribution in [3.8, 4) is 5.75 Å². The van der Waals surface area contributed by atoms with Gasteiger partial charge in [-0.05, 0) is 30.7 Å². The van der Waals surface area contributed by atoms with Gasteiger partial charge in [0.2, 0.25) is 5.91 Å². The number of β-amino-alcohol motifs (C(OH)–C–C–N with tert-alkyl or cyclic N) is 1. The van der Waals surface area contributed by atoms with Crippen LogP contribution in [0.1, 0.15) is 16.8 Å². The van der Waals surface area contributed by atoms with Gasteiger partial charge in [0, 0.05) is 44.3 Å². The average molecular weight is 349 g/mol. The van der Waals surface area contributed by atoms with E-state index in [0.717, 1.165) is 58.1 Å². The van der Waals surface area contributed by atoms with E-state index in [-0.39, 0.29) is 12.1 Å². The maximum Gasteiger partial charge on any atom is 0.248 e. The van der Waals surface area contributed by atoms with Gasteiger partial charge in [-0.2, -0.15) is 0 Å². The second-order valence-electron chi connectivity index (χ2n) is 6.63. The van der Waals surface area contributed by atoms with Gasteiger partial charge in [-0.1, -0.05) is 0 Å². The molecule has 2 aliphatic heterocycles. The van der Waals surface area contributed by atoms with E-state index in [0.29, 0.717) is 12.2 Å². The lowest BCUT2D eigenvalue weighted by Crippen LogP contribution is -2.48. The number of amides is 1. The van der Waals surface area contributed by atoms with E-state index in [1.165, 1.54) is 0 Å². The predicted octanol–water partition coefficient (Wildman–Crippen LogP) is -0.0683. The molecule has 7 heteroatoms. The summed E-state index contributed by atoms with van der Waals surface area (Å²) in [5.74, 6) is 0.298. The third-order valence-corrected chi connectivity index (χ3v) is 4.88. The topological polar surface area (TPSA) is 88.3 Å². The fraction of sp³-hybridized carbons (Fsp3) is 0.611. The highest BCUT2D eigenvalue weighted by Gasteiger charge is 2.35. The maximum atomic E-state index is 11.0. The van der Waals surface area contributed by atoms with E-state index in [1.54, 1.807) is 24.3 Å². The molecule has 2 atom stereocenters. The fourth-order valence-corrected chi connectivity index (χ4v) is 3.49. The van der Waals surface area contributed by atoms with E-state index >= 15 is 0 Å². The number of rotatable bonds is 7. The van der Waals surface area contributed by atoms with Crippen LogP contribution in [0.2, 0.25) is 0 Å². The van der Waals surface area contributed by atoms with Crippen molar-refractivity contribution in [2.45, 2.75) is 18.6 Å². The number of hydrogen-bond donors (Lipinski definition) is 2. The fourth-order valence-electron chi connectivity index (χ4n) is 3.49. The molecule has 0 saturated carbocycles. The number of benzene rings is 1. The number of likely N-dealkylation sites (tertiary alicyclic amines) is 1. The van der Waals surface area contributed by atoms with Crippen molar-refractivity contribution in [2.75, 3.05) is 52.5 Å². The Kier molecular flexibility index (Phi) is 6.25. The van der Waals surface area contributed by atoms with Gasteiger partial charge in [-0.15, -0.1) is 0 Å². The molecule has 0 spiro atoms. The van der Waals surface area contributed by atoms with Crippen molar-refractivity contribution in [3.63, 3.8) is 0 Å². The van der Waals surface area contributed by atoms with Crippen LogP contribution in [0.4, 0.5) is 0 Å². The number of primary amides is 1. The van der Waals surface area contributed by atoms with Crippen molar-refractivity contribution >= 4 is 5.91 Å². The Balaban J connectivity index is 1.37. The third kappa shape index (κ3) is 4.92. The molecule has 3 rings (SSSR count).